The molecule has 2 heterocycles. The average Bonchev–Trinajstić information content (AvgIpc) is 2.81. The van der Waals surface area contributed by atoms with Gasteiger partial charge in [0.1, 0.15) is 5.75 Å². The van der Waals surface area contributed by atoms with E-state index in [2.05, 4.69) is 15.1 Å². The molecule has 1 atom stereocenters. The Balaban J connectivity index is 1.34. The zero-order valence-electron chi connectivity index (χ0n) is 18.3. The molecule has 4 rings (SSSR count). The summed E-state index contributed by atoms with van der Waals surface area (Å²) in [5, 5.41) is 10.5. The fourth-order valence-corrected chi connectivity index (χ4v) is 4.32. The summed E-state index contributed by atoms with van der Waals surface area (Å²) in [4.78, 5) is 16.8. The van der Waals surface area contributed by atoms with E-state index in [0.717, 1.165) is 16.9 Å². The monoisotopic (exact) mass is 504 g/mol. The molecule has 1 aliphatic heterocycles. The van der Waals surface area contributed by atoms with E-state index >= 15 is 0 Å². The van der Waals surface area contributed by atoms with Gasteiger partial charge in [-0.3, -0.25) is 4.79 Å². The van der Waals surface area contributed by atoms with Gasteiger partial charge in [0.05, 0.1) is 10.7 Å². The molecule has 0 saturated carbocycles. The van der Waals surface area contributed by atoms with Crippen molar-refractivity contribution >= 4 is 46.5 Å². The number of piperazine rings is 1. The van der Waals surface area contributed by atoms with Crippen LogP contribution in [0.3, 0.4) is 0 Å². The zero-order valence-corrected chi connectivity index (χ0v) is 20.5. The summed E-state index contributed by atoms with van der Waals surface area (Å²) >= 11 is 18.3. The molecule has 1 aromatic heterocycles. The van der Waals surface area contributed by atoms with Crippen LogP contribution in [-0.2, 0) is 4.79 Å². The number of amides is 1. The van der Waals surface area contributed by atoms with Crippen LogP contribution in [0.25, 0.3) is 11.3 Å². The van der Waals surface area contributed by atoms with E-state index in [-0.39, 0.29) is 5.91 Å². The van der Waals surface area contributed by atoms with Crippen molar-refractivity contribution < 1.29 is 9.53 Å². The first-order valence-corrected chi connectivity index (χ1v) is 11.7. The number of nitrogens with zero attached hydrogens (tertiary/aromatic N) is 4. The lowest BCUT2D eigenvalue weighted by molar-refractivity contribution is -0.138. The largest absolute Gasteiger partial charge is 0.481 e. The van der Waals surface area contributed by atoms with Gasteiger partial charge in [-0.05, 0) is 67.9 Å². The number of aryl methyl sites for hydroxylation is 1. The molecule has 1 fully saturated rings. The Morgan fingerprint density at radius 1 is 0.939 bits per heavy atom. The third-order valence-corrected chi connectivity index (χ3v) is 6.53. The van der Waals surface area contributed by atoms with Gasteiger partial charge in [0.25, 0.3) is 5.91 Å². The molecule has 9 heteroatoms. The zero-order chi connectivity index (χ0) is 23.5. The Bertz CT molecular complexity index is 1150. The fraction of sp³-hybridized carbons (Fsp3) is 0.292. The molecule has 0 bridgehead atoms. The minimum absolute atomic E-state index is 0.0407. The Kier molecular flexibility index (Phi) is 7.27. The number of carbonyl (C=O) groups excluding carboxylic acids is 1. The van der Waals surface area contributed by atoms with Crippen LogP contribution in [-0.4, -0.2) is 53.3 Å². The minimum Gasteiger partial charge on any atom is -0.481 e. The predicted molar refractivity (Wildman–Crippen MR) is 133 cm³/mol. The molecular weight excluding hydrogens is 483 g/mol. The van der Waals surface area contributed by atoms with Crippen LogP contribution in [0.5, 0.6) is 5.75 Å². The predicted octanol–water partition coefficient (Wildman–Crippen LogP) is 5.53. The lowest BCUT2D eigenvalue weighted by Gasteiger charge is -2.36. The number of halogens is 3. The molecule has 1 saturated heterocycles. The summed E-state index contributed by atoms with van der Waals surface area (Å²) < 4.78 is 5.84. The van der Waals surface area contributed by atoms with Gasteiger partial charge in [0.15, 0.2) is 11.9 Å². The van der Waals surface area contributed by atoms with Crippen molar-refractivity contribution in [2.45, 2.75) is 20.0 Å². The molecular formula is C24H23Cl3N4O2. The molecule has 1 aliphatic rings. The SMILES string of the molecule is Cc1cc(OC(C)C(=O)N2CCN(c3ccc(-c4ccc(Cl)cc4Cl)nn3)CC2)ccc1Cl. The van der Waals surface area contributed by atoms with Gasteiger partial charge in [0.2, 0.25) is 0 Å². The van der Waals surface area contributed by atoms with E-state index in [0.29, 0.717) is 52.7 Å². The van der Waals surface area contributed by atoms with Crippen LogP contribution in [0.1, 0.15) is 12.5 Å². The molecule has 0 radical (unpaired) electrons. The highest BCUT2D eigenvalue weighted by molar-refractivity contribution is 6.36. The van der Waals surface area contributed by atoms with E-state index in [1.54, 1.807) is 31.2 Å². The Hall–Kier alpha value is -2.54. The first kappa shape index (κ1) is 23.6. The van der Waals surface area contributed by atoms with Crippen LogP contribution in [0, 0.1) is 6.92 Å². The number of anilines is 1. The maximum Gasteiger partial charge on any atom is 0.263 e. The smallest absolute Gasteiger partial charge is 0.263 e. The second-order valence-electron chi connectivity index (χ2n) is 7.88. The topological polar surface area (TPSA) is 58.6 Å². The maximum absolute atomic E-state index is 12.9. The summed E-state index contributed by atoms with van der Waals surface area (Å²) in [5.41, 5.74) is 2.37. The summed E-state index contributed by atoms with van der Waals surface area (Å²) in [6.07, 6.45) is -0.583. The second kappa shape index (κ2) is 10.2. The molecule has 172 valence electrons. The average molecular weight is 506 g/mol. The van der Waals surface area contributed by atoms with E-state index in [9.17, 15) is 4.79 Å². The molecule has 0 aliphatic carbocycles. The highest BCUT2D eigenvalue weighted by atomic mass is 35.5. The van der Waals surface area contributed by atoms with Crippen molar-refractivity contribution in [1.82, 2.24) is 15.1 Å². The first-order valence-electron chi connectivity index (χ1n) is 10.6. The molecule has 3 aromatic rings. The Labute approximate surface area is 208 Å². The van der Waals surface area contributed by atoms with Crippen molar-refractivity contribution in [1.29, 1.82) is 0 Å². The number of rotatable bonds is 5. The van der Waals surface area contributed by atoms with Crippen LogP contribution >= 0.6 is 34.8 Å². The number of carbonyl (C=O) groups is 1. The number of benzene rings is 2. The summed E-state index contributed by atoms with van der Waals surface area (Å²) in [7, 11) is 0. The van der Waals surface area contributed by atoms with Gasteiger partial charge in [0, 0.05) is 41.8 Å². The van der Waals surface area contributed by atoms with Gasteiger partial charge in [-0.15, -0.1) is 10.2 Å². The molecule has 1 amide bonds. The number of hydrogen-bond acceptors (Lipinski definition) is 5. The molecule has 6 nitrogen and oxygen atoms in total. The van der Waals surface area contributed by atoms with Gasteiger partial charge >= 0.3 is 0 Å². The summed E-state index contributed by atoms with van der Waals surface area (Å²) in [6.45, 7) is 6.16. The number of aromatic nitrogens is 2. The van der Waals surface area contributed by atoms with Crippen LogP contribution in [0.2, 0.25) is 15.1 Å². The van der Waals surface area contributed by atoms with Crippen molar-refractivity contribution in [3.05, 3.63) is 69.2 Å². The third-order valence-electron chi connectivity index (χ3n) is 5.56. The first-order chi connectivity index (χ1) is 15.8. The van der Waals surface area contributed by atoms with Gasteiger partial charge in [-0.25, -0.2) is 0 Å². The highest BCUT2D eigenvalue weighted by Gasteiger charge is 2.27. The molecule has 33 heavy (non-hydrogen) atoms. The standard InChI is InChI=1S/C24H23Cl3N4O2/c1-15-13-18(4-6-20(15)26)33-16(2)24(32)31-11-9-30(10-12-31)23-8-7-22(28-29-23)19-5-3-17(25)14-21(19)27/h3-8,13-14,16H,9-12H2,1-2H3. The summed E-state index contributed by atoms with van der Waals surface area (Å²) in [5.74, 6) is 1.35. The normalized spacial score (nSPS) is 14.8. The van der Waals surface area contributed by atoms with Crippen LogP contribution < -0.4 is 9.64 Å². The van der Waals surface area contributed by atoms with Crippen LogP contribution in [0.4, 0.5) is 5.82 Å². The van der Waals surface area contributed by atoms with Gasteiger partial charge < -0.3 is 14.5 Å². The quantitative estimate of drug-likeness (QED) is 0.456. The fourth-order valence-electron chi connectivity index (χ4n) is 3.69. The van der Waals surface area contributed by atoms with E-state index in [1.165, 1.54) is 0 Å². The van der Waals surface area contributed by atoms with E-state index < -0.39 is 6.10 Å². The lowest BCUT2D eigenvalue weighted by Crippen LogP contribution is -2.52. The highest BCUT2D eigenvalue weighted by Crippen LogP contribution is 2.29. The van der Waals surface area contributed by atoms with Crippen molar-refractivity contribution in [3.63, 3.8) is 0 Å². The second-order valence-corrected chi connectivity index (χ2v) is 9.14. The van der Waals surface area contributed by atoms with Crippen molar-refractivity contribution in [2.24, 2.45) is 0 Å². The summed E-state index contributed by atoms with van der Waals surface area (Å²) in [6, 6.07) is 14.5. The number of hydrogen-bond donors (Lipinski definition) is 0. The number of ether oxygens (including phenoxy) is 1. The maximum atomic E-state index is 12.9. The van der Waals surface area contributed by atoms with Gasteiger partial charge in [-0.2, -0.15) is 0 Å². The van der Waals surface area contributed by atoms with Gasteiger partial charge in [-0.1, -0.05) is 34.8 Å². The lowest BCUT2D eigenvalue weighted by atomic mass is 10.1. The molecule has 2 aromatic carbocycles. The minimum atomic E-state index is -0.583. The van der Waals surface area contributed by atoms with E-state index in [1.807, 2.05) is 36.1 Å². The molecule has 1 unspecified atom stereocenters. The molecule has 0 N–H and O–H groups in total. The van der Waals surface area contributed by atoms with Crippen molar-refractivity contribution in [3.8, 4) is 17.0 Å². The third kappa shape index (κ3) is 5.52. The van der Waals surface area contributed by atoms with Crippen molar-refractivity contribution in [2.75, 3.05) is 31.1 Å². The Morgan fingerprint density at radius 3 is 2.33 bits per heavy atom. The molecule has 0 spiro atoms. The Morgan fingerprint density at radius 2 is 1.70 bits per heavy atom. The van der Waals surface area contributed by atoms with Crippen LogP contribution in [0.15, 0.2) is 48.5 Å². The van der Waals surface area contributed by atoms with E-state index in [4.69, 9.17) is 39.5 Å².